The Labute approximate surface area is 175 Å². The third-order valence-corrected chi connectivity index (χ3v) is 4.69. The van der Waals surface area contributed by atoms with Gasteiger partial charge in [0.15, 0.2) is 5.82 Å². The Morgan fingerprint density at radius 1 is 1.21 bits per heavy atom. The summed E-state index contributed by atoms with van der Waals surface area (Å²) in [6.07, 6.45) is 3.05. The van der Waals surface area contributed by atoms with Crippen LogP contribution < -0.4 is 10.6 Å². The molecule has 0 atom stereocenters. The number of hydrogen-bond donors (Lipinski definition) is 2. The van der Waals surface area contributed by atoms with Crippen molar-refractivity contribution in [1.29, 1.82) is 0 Å². The quantitative estimate of drug-likeness (QED) is 0.600. The topological polar surface area (TPSA) is 88.9 Å². The number of nitrogens with one attached hydrogen (secondary N) is 2. The van der Waals surface area contributed by atoms with Gasteiger partial charge in [0.2, 0.25) is 0 Å². The van der Waals surface area contributed by atoms with E-state index in [2.05, 4.69) is 36.6 Å². The monoisotopic (exact) mass is 461 g/mol. The van der Waals surface area contributed by atoms with E-state index in [-0.39, 0.29) is 11.6 Å². The van der Waals surface area contributed by atoms with E-state index in [1.165, 1.54) is 10.9 Å². The summed E-state index contributed by atoms with van der Waals surface area (Å²) in [5, 5.41) is 10.1. The smallest absolute Gasteiger partial charge is 0.274 e. The average Bonchev–Trinajstić information content (AvgIpc) is 3.13. The maximum Gasteiger partial charge on any atom is 0.274 e. The lowest BCUT2D eigenvalue weighted by molar-refractivity contribution is 0.0956. The lowest BCUT2D eigenvalue weighted by Crippen LogP contribution is -2.26. The molecule has 2 aromatic heterocycles. The highest BCUT2D eigenvalue weighted by molar-refractivity contribution is 9.10. The molecule has 9 heteroatoms. The van der Waals surface area contributed by atoms with Gasteiger partial charge in [0.1, 0.15) is 5.69 Å². The van der Waals surface area contributed by atoms with E-state index in [0.29, 0.717) is 28.6 Å². The summed E-state index contributed by atoms with van der Waals surface area (Å²) in [4.78, 5) is 29.6. The van der Waals surface area contributed by atoms with Crippen LogP contribution in [0.3, 0.4) is 0 Å². The number of anilines is 1. The van der Waals surface area contributed by atoms with Crippen molar-refractivity contribution < 1.29 is 9.59 Å². The molecule has 3 aromatic rings. The lowest BCUT2D eigenvalue weighted by Gasteiger charge is -2.15. The summed E-state index contributed by atoms with van der Waals surface area (Å²) in [5.74, 6) is -0.366. The molecular formula is C19H17BrClN5O2. The third kappa shape index (κ3) is 4.07. The van der Waals surface area contributed by atoms with E-state index in [0.717, 1.165) is 10.0 Å². The van der Waals surface area contributed by atoms with Crippen LogP contribution >= 0.6 is 27.5 Å². The molecule has 28 heavy (non-hydrogen) atoms. The fraction of sp³-hybridized carbons (Fsp3) is 0.158. The molecule has 2 N–H and O–H groups in total. The first-order valence-electron chi connectivity index (χ1n) is 8.47. The number of benzene rings is 1. The molecule has 2 heterocycles. The Morgan fingerprint density at radius 3 is 2.71 bits per heavy atom. The number of amides is 2. The number of hydrogen-bond acceptors (Lipinski definition) is 4. The second-order valence-corrected chi connectivity index (χ2v) is 7.22. The predicted octanol–water partition coefficient (Wildman–Crippen LogP) is 3.99. The van der Waals surface area contributed by atoms with Crippen molar-refractivity contribution in [2.24, 2.45) is 0 Å². The summed E-state index contributed by atoms with van der Waals surface area (Å²) < 4.78 is 2.10. The largest absolute Gasteiger partial charge is 0.352 e. The van der Waals surface area contributed by atoms with Gasteiger partial charge in [-0.05, 0) is 49.7 Å². The zero-order valence-corrected chi connectivity index (χ0v) is 17.5. The molecule has 0 aliphatic carbocycles. The van der Waals surface area contributed by atoms with E-state index in [1.807, 2.05) is 19.9 Å². The highest BCUT2D eigenvalue weighted by atomic mass is 79.9. The van der Waals surface area contributed by atoms with Gasteiger partial charge in [-0.1, -0.05) is 27.5 Å². The van der Waals surface area contributed by atoms with Crippen molar-refractivity contribution in [2.45, 2.75) is 13.8 Å². The number of carbonyl (C=O) groups excluding carboxylic acids is 2. The fourth-order valence-corrected chi connectivity index (χ4v) is 3.47. The molecular weight excluding hydrogens is 446 g/mol. The molecule has 0 unspecified atom stereocenters. The molecule has 2 amide bonds. The molecule has 0 radical (unpaired) electrons. The first kappa shape index (κ1) is 20.0. The fourth-order valence-electron chi connectivity index (χ4n) is 2.70. The molecule has 0 bridgehead atoms. The van der Waals surface area contributed by atoms with E-state index >= 15 is 0 Å². The molecule has 3 rings (SSSR count). The summed E-state index contributed by atoms with van der Waals surface area (Å²) in [6, 6.07) is 8.41. The average molecular weight is 463 g/mol. The molecule has 1 aromatic carbocycles. The predicted molar refractivity (Wildman–Crippen MR) is 111 cm³/mol. The highest BCUT2D eigenvalue weighted by Crippen LogP contribution is 2.27. The van der Waals surface area contributed by atoms with Crippen LogP contribution in [0.2, 0.25) is 5.02 Å². The summed E-state index contributed by atoms with van der Waals surface area (Å²) in [7, 11) is 0. The van der Waals surface area contributed by atoms with Gasteiger partial charge in [0.05, 0.1) is 22.5 Å². The van der Waals surface area contributed by atoms with Gasteiger partial charge < -0.3 is 10.6 Å². The molecule has 0 aliphatic heterocycles. The number of aromatic nitrogens is 3. The van der Waals surface area contributed by atoms with Crippen molar-refractivity contribution in [1.82, 2.24) is 20.1 Å². The van der Waals surface area contributed by atoms with E-state index in [4.69, 9.17) is 11.6 Å². The second kappa shape index (κ2) is 8.53. The van der Waals surface area contributed by atoms with Gasteiger partial charge in [-0.15, -0.1) is 0 Å². The number of halogens is 2. The van der Waals surface area contributed by atoms with Crippen molar-refractivity contribution in [3.63, 3.8) is 0 Å². The normalized spacial score (nSPS) is 10.6. The Kier molecular flexibility index (Phi) is 6.11. The minimum atomic E-state index is -0.435. The second-order valence-electron chi connectivity index (χ2n) is 5.90. The molecule has 7 nitrogen and oxygen atoms in total. The van der Waals surface area contributed by atoms with Crippen LogP contribution in [0, 0.1) is 6.92 Å². The van der Waals surface area contributed by atoms with Crippen molar-refractivity contribution in [2.75, 3.05) is 11.9 Å². The third-order valence-electron chi connectivity index (χ3n) is 3.94. The summed E-state index contributed by atoms with van der Waals surface area (Å²) in [6.45, 7) is 4.12. The Bertz CT molecular complexity index is 1050. The van der Waals surface area contributed by atoms with Gasteiger partial charge in [-0.3, -0.25) is 9.59 Å². The molecule has 0 saturated carbocycles. The van der Waals surface area contributed by atoms with Gasteiger partial charge in [-0.25, -0.2) is 9.67 Å². The van der Waals surface area contributed by atoms with Gasteiger partial charge >= 0.3 is 0 Å². The van der Waals surface area contributed by atoms with Crippen molar-refractivity contribution >= 4 is 45.0 Å². The van der Waals surface area contributed by atoms with Crippen molar-refractivity contribution in [3.05, 3.63) is 69.0 Å². The SMILES string of the molecule is CCNC(=O)c1cc(Br)cc(C)c1NC(=O)c1ccnn1-c1ncccc1Cl. The number of nitrogens with zero attached hydrogens (tertiary/aromatic N) is 3. The standard InChI is InChI=1S/C19H17BrClN5O2/c1-3-22-18(27)13-10-12(20)9-11(2)16(13)25-19(28)15-6-8-24-26(15)17-14(21)5-4-7-23-17/h4-10H,3H2,1-2H3,(H,22,27)(H,25,28). The first-order chi connectivity index (χ1) is 13.4. The Hall–Kier alpha value is -2.71. The van der Waals surface area contributed by atoms with Gasteiger partial charge in [0, 0.05) is 17.2 Å². The zero-order valence-electron chi connectivity index (χ0n) is 15.2. The molecule has 0 aliphatic rings. The van der Waals surface area contributed by atoms with E-state index in [9.17, 15) is 9.59 Å². The minimum absolute atomic E-state index is 0.241. The van der Waals surface area contributed by atoms with E-state index < -0.39 is 5.91 Å². The molecule has 0 fully saturated rings. The Balaban J connectivity index is 1.99. The number of rotatable bonds is 5. The Morgan fingerprint density at radius 2 is 2.00 bits per heavy atom. The minimum Gasteiger partial charge on any atom is -0.352 e. The van der Waals surface area contributed by atoms with Crippen LogP contribution in [0.25, 0.3) is 5.82 Å². The maximum absolute atomic E-state index is 13.0. The highest BCUT2D eigenvalue weighted by Gasteiger charge is 2.20. The van der Waals surface area contributed by atoms with Gasteiger partial charge in [0.25, 0.3) is 11.8 Å². The van der Waals surface area contributed by atoms with Crippen LogP contribution in [-0.2, 0) is 0 Å². The maximum atomic E-state index is 13.0. The van der Waals surface area contributed by atoms with Crippen LogP contribution in [0.15, 0.2) is 47.2 Å². The van der Waals surface area contributed by atoms with Crippen LogP contribution in [0.4, 0.5) is 5.69 Å². The number of carbonyl (C=O) groups is 2. The number of pyridine rings is 1. The number of aryl methyl sites for hydroxylation is 1. The van der Waals surface area contributed by atoms with Crippen LogP contribution in [0.1, 0.15) is 33.3 Å². The van der Waals surface area contributed by atoms with Crippen LogP contribution in [-0.4, -0.2) is 33.1 Å². The van der Waals surface area contributed by atoms with Gasteiger partial charge in [-0.2, -0.15) is 5.10 Å². The molecule has 144 valence electrons. The van der Waals surface area contributed by atoms with Crippen molar-refractivity contribution in [3.8, 4) is 5.82 Å². The molecule has 0 spiro atoms. The molecule has 0 saturated heterocycles. The first-order valence-corrected chi connectivity index (χ1v) is 9.64. The lowest BCUT2D eigenvalue weighted by atomic mass is 10.1. The summed E-state index contributed by atoms with van der Waals surface area (Å²) >= 11 is 9.58. The summed E-state index contributed by atoms with van der Waals surface area (Å²) in [5.41, 5.74) is 1.78. The van der Waals surface area contributed by atoms with Crippen LogP contribution in [0.5, 0.6) is 0 Å². The van der Waals surface area contributed by atoms with E-state index in [1.54, 1.807) is 30.5 Å². The zero-order chi connectivity index (χ0) is 20.3.